The summed E-state index contributed by atoms with van der Waals surface area (Å²) in [7, 11) is 0. The molecule has 0 radical (unpaired) electrons. The molecule has 0 bridgehead atoms. The molecule has 0 amide bonds. The Balaban J connectivity index is 2.97. The minimum Gasteiger partial charge on any atom is -0.227 e. The van der Waals surface area contributed by atoms with E-state index in [9.17, 15) is 9.81 Å². The molecule has 2 atom stereocenters. The number of benzene rings is 1. The Morgan fingerprint density at radius 2 is 1.15 bits per heavy atom. The molecule has 2 unspecified atom stereocenters. The Kier molecular flexibility index (Phi) is 6.09. The Morgan fingerprint density at radius 1 is 0.850 bits per heavy atom. The van der Waals surface area contributed by atoms with Crippen molar-refractivity contribution in [3.8, 4) is 0 Å². The van der Waals surface area contributed by atoms with Crippen LogP contribution in [0.4, 0.5) is 11.4 Å². The molecule has 0 saturated carbocycles. The first-order valence-electron chi connectivity index (χ1n) is 6.94. The lowest BCUT2D eigenvalue weighted by Gasteiger charge is -2.24. The average Bonchev–Trinajstić information content (AvgIpc) is 2.49. The molecule has 0 aliphatic carbocycles. The summed E-state index contributed by atoms with van der Waals surface area (Å²) in [6.45, 7) is 7.87. The first-order chi connectivity index (χ1) is 9.58. The van der Waals surface area contributed by atoms with E-state index in [0.29, 0.717) is 11.4 Å². The maximum atomic E-state index is 10.9. The molecule has 6 heteroatoms. The molecule has 1 aromatic rings. The van der Waals surface area contributed by atoms with Gasteiger partial charge < -0.3 is 0 Å². The number of anilines is 2. The maximum Gasteiger partial charge on any atom is 0.0630 e. The zero-order valence-corrected chi connectivity index (χ0v) is 12.5. The molecule has 0 N–H and O–H groups in total. The quantitative estimate of drug-likeness (QED) is 0.526. The van der Waals surface area contributed by atoms with Gasteiger partial charge in [0.25, 0.3) is 0 Å². The van der Waals surface area contributed by atoms with Crippen LogP contribution in [-0.2, 0) is 0 Å². The monoisotopic (exact) mass is 278 g/mol. The fourth-order valence-corrected chi connectivity index (χ4v) is 1.87. The maximum absolute atomic E-state index is 10.9. The van der Waals surface area contributed by atoms with E-state index in [2.05, 4.69) is 10.6 Å². The highest BCUT2D eigenvalue weighted by atomic mass is 16.3. The minimum absolute atomic E-state index is 0.0354. The van der Waals surface area contributed by atoms with Crippen molar-refractivity contribution in [2.24, 2.45) is 10.6 Å². The van der Waals surface area contributed by atoms with Gasteiger partial charge in [-0.25, -0.2) is 10.0 Å². The van der Waals surface area contributed by atoms with E-state index in [4.69, 9.17) is 0 Å². The van der Waals surface area contributed by atoms with Crippen molar-refractivity contribution in [1.82, 2.24) is 0 Å². The van der Waals surface area contributed by atoms with E-state index in [0.717, 1.165) is 12.8 Å². The van der Waals surface area contributed by atoms with Crippen molar-refractivity contribution in [2.75, 3.05) is 10.0 Å². The lowest BCUT2D eigenvalue weighted by atomic mass is 10.2. The zero-order chi connectivity index (χ0) is 15.1. The van der Waals surface area contributed by atoms with Gasteiger partial charge in [-0.05, 0) is 51.0 Å². The van der Waals surface area contributed by atoms with E-state index in [1.54, 1.807) is 24.3 Å². The summed E-state index contributed by atoms with van der Waals surface area (Å²) in [5, 5.41) is 8.99. The first kappa shape index (κ1) is 16.1. The highest BCUT2D eigenvalue weighted by Crippen LogP contribution is 2.25. The smallest absolute Gasteiger partial charge is 0.0630 e. The molecule has 0 aliphatic heterocycles. The van der Waals surface area contributed by atoms with Gasteiger partial charge in [-0.1, -0.05) is 13.8 Å². The summed E-state index contributed by atoms with van der Waals surface area (Å²) in [6.07, 6.45) is 1.64. The Bertz CT molecular complexity index is 394. The SMILES string of the molecule is CCC(C)N(N=O)c1ccc(N(N=O)C(C)CC)cc1. The Morgan fingerprint density at radius 3 is 1.35 bits per heavy atom. The number of hydrogen-bond donors (Lipinski definition) is 0. The van der Waals surface area contributed by atoms with Gasteiger partial charge in [0, 0.05) is 0 Å². The second kappa shape index (κ2) is 7.57. The van der Waals surface area contributed by atoms with Crippen molar-refractivity contribution >= 4 is 11.4 Å². The Hall–Kier alpha value is -1.98. The summed E-state index contributed by atoms with van der Waals surface area (Å²) >= 11 is 0. The van der Waals surface area contributed by atoms with Crippen molar-refractivity contribution < 1.29 is 0 Å². The van der Waals surface area contributed by atoms with Crippen LogP contribution >= 0.6 is 0 Å². The molecule has 0 saturated heterocycles. The predicted octanol–water partition coefficient (Wildman–Crippen LogP) is 4.26. The van der Waals surface area contributed by atoms with E-state index < -0.39 is 0 Å². The van der Waals surface area contributed by atoms with Crippen LogP contribution in [0.2, 0.25) is 0 Å². The fraction of sp³-hybridized carbons (Fsp3) is 0.571. The van der Waals surface area contributed by atoms with Gasteiger partial charge in [0.15, 0.2) is 0 Å². The van der Waals surface area contributed by atoms with E-state index in [1.807, 2.05) is 27.7 Å². The molecule has 0 aliphatic rings. The van der Waals surface area contributed by atoms with Gasteiger partial charge >= 0.3 is 0 Å². The fourth-order valence-electron chi connectivity index (χ4n) is 1.87. The highest BCUT2D eigenvalue weighted by Gasteiger charge is 2.16. The van der Waals surface area contributed by atoms with Crippen LogP contribution in [0.25, 0.3) is 0 Å². The van der Waals surface area contributed by atoms with Gasteiger partial charge in [-0.3, -0.25) is 0 Å². The topological polar surface area (TPSA) is 65.3 Å². The summed E-state index contributed by atoms with van der Waals surface area (Å²) < 4.78 is 0. The van der Waals surface area contributed by atoms with E-state index >= 15 is 0 Å². The van der Waals surface area contributed by atoms with Gasteiger partial charge in [0.1, 0.15) is 0 Å². The molecule has 0 aromatic heterocycles. The van der Waals surface area contributed by atoms with Gasteiger partial charge in [-0.15, -0.1) is 9.81 Å². The van der Waals surface area contributed by atoms with E-state index in [-0.39, 0.29) is 12.1 Å². The third-order valence-corrected chi connectivity index (χ3v) is 3.57. The summed E-state index contributed by atoms with van der Waals surface area (Å²) in [5.74, 6) is 0. The second-order valence-electron chi connectivity index (χ2n) is 4.88. The molecule has 0 fully saturated rings. The highest BCUT2D eigenvalue weighted by molar-refractivity contribution is 5.56. The van der Waals surface area contributed by atoms with Gasteiger partial charge in [0.2, 0.25) is 0 Å². The molecule has 0 spiro atoms. The molecular weight excluding hydrogens is 256 g/mol. The second-order valence-corrected chi connectivity index (χ2v) is 4.88. The lowest BCUT2D eigenvalue weighted by Crippen LogP contribution is -2.28. The van der Waals surface area contributed by atoms with Crippen molar-refractivity contribution in [1.29, 1.82) is 0 Å². The van der Waals surface area contributed by atoms with Crippen LogP contribution in [0.15, 0.2) is 34.8 Å². The normalized spacial score (nSPS) is 13.4. The van der Waals surface area contributed by atoms with Gasteiger partial charge in [-0.2, -0.15) is 0 Å². The molecule has 20 heavy (non-hydrogen) atoms. The van der Waals surface area contributed by atoms with Crippen LogP contribution in [0.5, 0.6) is 0 Å². The van der Waals surface area contributed by atoms with Gasteiger partial charge in [0.05, 0.1) is 34.0 Å². The first-order valence-corrected chi connectivity index (χ1v) is 6.94. The minimum atomic E-state index is 0.0354. The number of nitrogens with zero attached hydrogens (tertiary/aromatic N) is 4. The van der Waals surface area contributed by atoms with Crippen LogP contribution in [0, 0.1) is 9.81 Å². The molecule has 0 heterocycles. The zero-order valence-electron chi connectivity index (χ0n) is 12.5. The van der Waals surface area contributed by atoms with Crippen molar-refractivity contribution in [3.05, 3.63) is 34.1 Å². The largest absolute Gasteiger partial charge is 0.227 e. The average molecular weight is 278 g/mol. The van der Waals surface area contributed by atoms with Crippen LogP contribution in [-0.4, -0.2) is 12.1 Å². The molecule has 6 nitrogen and oxygen atoms in total. The predicted molar refractivity (Wildman–Crippen MR) is 82.5 cm³/mol. The van der Waals surface area contributed by atoms with Crippen LogP contribution < -0.4 is 10.0 Å². The van der Waals surface area contributed by atoms with E-state index in [1.165, 1.54) is 10.0 Å². The van der Waals surface area contributed by atoms with Crippen molar-refractivity contribution in [2.45, 2.75) is 52.6 Å². The number of nitroso groups, excluding NO2 is 2. The summed E-state index contributed by atoms with van der Waals surface area (Å²) in [6, 6.07) is 7.20. The molecule has 1 rings (SSSR count). The number of hydrogen-bond acceptors (Lipinski definition) is 4. The summed E-state index contributed by atoms with van der Waals surface area (Å²) in [5.41, 5.74) is 1.43. The third-order valence-electron chi connectivity index (χ3n) is 3.57. The molecule has 1 aromatic carbocycles. The van der Waals surface area contributed by atoms with Crippen molar-refractivity contribution in [3.63, 3.8) is 0 Å². The number of rotatable bonds is 8. The summed E-state index contributed by atoms with van der Waals surface area (Å²) in [4.78, 5) is 21.9. The molecular formula is C14H22N4O2. The standard InChI is InChI=1S/C14H22N4O2/c1-5-11(3)17(15-19)13-7-9-14(10-8-13)18(16-20)12(4)6-2/h7-12H,5-6H2,1-4H3. The lowest BCUT2D eigenvalue weighted by molar-refractivity contribution is 0.628. The Labute approximate surface area is 119 Å². The third kappa shape index (κ3) is 3.53. The van der Waals surface area contributed by atoms with Crippen LogP contribution in [0.1, 0.15) is 40.5 Å². The molecule has 110 valence electrons. The van der Waals surface area contributed by atoms with Crippen LogP contribution in [0.3, 0.4) is 0 Å².